The summed E-state index contributed by atoms with van der Waals surface area (Å²) in [6.45, 7) is 15.8. The Labute approximate surface area is 145 Å². The number of carboxylic acid groups (broad SMARTS) is 1. The molecule has 0 radical (unpaired) electrons. The van der Waals surface area contributed by atoms with Crippen molar-refractivity contribution in [1.29, 1.82) is 0 Å². The van der Waals surface area contributed by atoms with Crippen LogP contribution in [-0.4, -0.2) is 34.1 Å². The SMILES string of the molecule is CC(C)c1cccc(C(C)C)c1[N+]1=C(C(=O)O)NCC1C(C)(C)C. The van der Waals surface area contributed by atoms with Crippen molar-refractivity contribution < 1.29 is 14.5 Å². The molecule has 0 saturated carbocycles. The third kappa shape index (κ3) is 3.33. The smallest absolute Gasteiger partial charge is 0.419 e. The first kappa shape index (κ1) is 18.5. The highest BCUT2D eigenvalue weighted by Gasteiger charge is 2.45. The normalized spacial score (nSPS) is 18.5. The van der Waals surface area contributed by atoms with E-state index >= 15 is 0 Å². The number of hydrogen-bond donors (Lipinski definition) is 2. The summed E-state index contributed by atoms with van der Waals surface area (Å²) in [5, 5.41) is 12.9. The van der Waals surface area contributed by atoms with Gasteiger partial charge in [0.25, 0.3) is 0 Å². The summed E-state index contributed by atoms with van der Waals surface area (Å²) in [6.07, 6.45) is 0. The summed E-state index contributed by atoms with van der Waals surface area (Å²) in [4.78, 5) is 11.9. The molecule has 1 heterocycles. The number of amidine groups is 1. The molecule has 4 heteroatoms. The summed E-state index contributed by atoms with van der Waals surface area (Å²) in [7, 11) is 0. The molecule has 0 spiro atoms. The fraction of sp³-hybridized carbons (Fsp3) is 0.600. The standard InChI is InChI=1S/C20H30N2O2/c1-12(2)14-9-8-10-15(13(3)4)17(14)22-16(20(5,6)7)11-21-18(22)19(23)24/h8-10,12-13,16H,11H2,1-7H3,(H,23,24)/p+1. The topological polar surface area (TPSA) is 52.3 Å². The maximum absolute atomic E-state index is 11.9. The van der Waals surface area contributed by atoms with Crippen LogP contribution in [0, 0.1) is 5.41 Å². The highest BCUT2D eigenvalue weighted by atomic mass is 16.4. The molecule has 1 atom stereocenters. The van der Waals surface area contributed by atoms with Crippen LogP contribution < -0.4 is 5.32 Å². The van der Waals surface area contributed by atoms with E-state index in [-0.39, 0.29) is 11.5 Å². The van der Waals surface area contributed by atoms with Crippen molar-refractivity contribution in [3.8, 4) is 0 Å². The fourth-order valence-corrected chi connectivity index (χ4v) is 3.46. The monoisotopic (exact) mass is 331 g/mol. The van der Waals surface area contributed by atoms with Crippen LogP contribution in [0.25, 0.3) is 0 Å². The Hall–Kier alpha value is -1.84. The molecule has 0 saturated heterocycles. The number of para-hydroxylation sites is 1. The number of hydrogen-bond acceptors (Lipinski definition) is 2. The summed E-state index contributed by atoms with van der Waals surface area (Å²) in [6, 6.07) is 6.44. The van der Waals surface area contributed by atoms with Gasteiger partial charge in [-0.05, 0) is 11.8 Å². The molecule has 0 fully saturated rings. The predicted molar refractivity (Wildman–Crippen MR) is 98.4 cm³/mol. The van der Waals surface area contributed by atoms with Crippen molar-refractivity contribution in [2.75, 3.05) is 6.54 Å². The Balaban J connectivity index is 2.83. The largest absolute Gasteiger partial charge is 0.472 e. The number of nitrogens with one attached hydrogen (secondary N) is 1. The number of nitrogens with zero attached hydrogens (tertiary/aromatic N) is 1. The average molecular weight is 331 g/mol. The Morgan fingerprint density at radius 1 is 1.17 bits per heavy atom. The molecule has 0 aliphatic carbocycles. The third-order valence-electron chi connectivity index (χ3n) is 4.80. The van der Waals surface area contributed by atoms with Crippen molar-refractivity contribution in [3.05, 3.63) is 29.3 Å². The van der Waals surface area contributed by atoms with Crippen molar-refractivity contribution in [1.82, 2.24) is 5.32 Å². The van der Waals surface area contributed by atoms with Crippen molar-refractivity contribution in [2.24, 2.45) is 5.41 Å². The minimum atomic E-state index is -0.894. The van der Waals surface area contributed by atoms with Gasteiger partial charge in [-0.3, -0.25) is 5.32 Å². The average Bonchev–Trinajstić information content (AvgIpc) is 2.90. The van der Waals surface area contributed by atoms with Gasteiger partial charge in [0.1, 0.15) is 18.3 Å². The predicted octanol–water partition coefficient (Wildman–Crippen LogP) is 4.08. The minimum Gasteiger partial charge on any atom is -0.472 e. The van der Waals surface area contributed by atoms with Crippen LogP contribution in [0.2, 0.25) is 0 Å². The molecule has 2 rings (SSSR count). The van der Waals surface area contributed by atoms with Crippen LogP contribution in [0.15, 0.2) is 18.2 Å². The molecule has 1 unspecified atom stereocenters. The molecule has 4 nitrogen and oxygen atoms in total. The zero-order chi connectivity index (χ0) is 18.2. The van der Waals surface area contributed by atoms with Crippen LogP contribution in [-0.2, 0) is 4.79 Å². The maximum atomic E-state index is 11.9. The molecule has 24 heavy (non-hydrogen) atoms. The third-order valence-corrected chi connectivity index (χ3v) is 4.80. The van der Waals surface area contributed by atoms with E-state index in [1.807, 2.05) is 4.58 Å². The number of benzene rings is 1. The molecular weight excluding hydrogens is 300 g/mol. The van der Waals surface area contributed by atoms with Gasteiger partial charge in [-0.1, -0.05) is 66.7 Å². The van der Waals surface area contributed by atoms with Crippen molar-refractivity contribution in [3.63, 3.8) is 0 Å². The highest BCUT2D eigenvalue weighted by molar-refractivity contribution is 6.32. The van der Waals surface area contributed by atoms with E-state index in [4.69, 9.17) is 0 Å². The Morgan fingerprint density at radius 2 is 1.67 bits per heavy atom. The Morgan fingerprint density at radius 3 is 2.04 bits per heavy atom. The van der Waals surface area contributed by atoms with E-state index in [9.17, 15) is 9.90 Å². The van der Waals surface area contributed by atoms with Gasteiger partial charge < -0.3 is 5.11 Å². The van der Waals surface area contributed by atoms with Crippen LogP contribution in [0.4, 0.5) is 5.69 Å². The summed E-state index contributed by atoms with van der Waals surface area (Å²) in [5.41, 5.74) is 3.45. The van der Waals surface area contributed by atoms with Crippen LogP contribution >= 0.6 is 0 Å². The molecule has 2 N–H and O–H groups in total. The molecule has 1 aliphatic heterocycles. The Bertz CT molecular complexity index is 640. The lowest BCUT2D eigenvalue weighted by molar-refractivity contribution is -0.492. The van der Waals surface area contributed by atoms with Gasteiger partial charge in [-0.2, -0.15) is 0 Å². The van der Waals surface area contributed by atoms with E-state index < -0.39 is 5.97 Å². The lowest BCUT2D eigenvalue weighted by atomic mass is 9.85. The summed E-state index contributed by atoms with van der Waals surface area (Å²) >= 11 is 0. The van der Waals surface area contributed by atoms with Crippen molar-refractivity contribution in [2.45, 2.75) is 66.3 Å². The van der Waals surface area contributed by atoms with Gasteiger partial charge in [-0.15, -0.1) is 0 Å². The molecule has 132 valence electrons. The second-order valence-electron chi connectivity index (χ2n) is 8.38. The number of carboxylic acids is 1. The zero-order valence-electron chi connectivity index (χ0n) is 16.0. The lowest BCUT2D eigenvalue weighted by Crippen LogP contribution is -2.37. The first-order valence-electron chi connectivity index (χ1n) is 8.81. The number of aliphatic carboxylic acids is 1. The maximum Gasteiger partial charge on any atom is 0.419 e. The highest BCUT2D eigenvalue weighted by Crippen LogP contribution is 2.39. The lowest BCUT2D eigenvalue weighted by Gasteiger charge is -2.29. The van der Waals surface area contributed by atoms with Gasteiger partial charge >= 0.3 is 11.8 Å². The van der Waals surface area contributed by atoms with E-state index in [0.717, 1.165) is 5.69 Å². The first-order chi connectivity index (χ1) is 11.1. The van der Waals surface area contributed by atoms with Gasteiger partial charge in [-0.25, -0.2) is 9.37 Å². The van der Waals surface area contributed by atoms with Gasteiger partial charge in [0.05, 0.1) is 0 Å². The van der Waals surface area contributed by atoms with Crippen LogP contribution in [0.3, 0.4) is 0 Å². The van der Waals surface area contributed by atoms with Gasteiger partial charge in [0.2, 0.25) is 0 Å². The number of carbonyl (C=O) groups is 1. The van der Waals surface area contributed by atoms with E-state index in [2.05, 4.69) is 72.0 Å². The summed E-state index contributed by atoms with van der Waals surface area (Å²) in [5.74, 6) is 0.0601. The van der Waals surface area contributed by atoms with Gasteiger partial charge in [0, 0.05) is 16.5 Å². The van der Waals surface area contributed by atoms with E-state index in [1.54, 1.807) is 0 Å². The van der Waals surface area contributed by atoms with Crippen LogP contribution in [0.1, 0.15) is 71.4 Å². The van der Waals surface area contributed by atoms with E-state index in [1.165, 1.54) is 11.1 Å². The molecule has 0 amide bonds. The molecule has 0 aromatic heterocycles. The molecule has 1 aromatic rings. The van der Waals surface area contributed by atoms with Crippen molar-refractivity contribution >= 4 is 17.5 Å². The van der Waals surface area contributed by atoms with Gasteiger partial charge in [0.15, 0.2) is 0 Å². The van der Waals surface area contributed by atoms with Crippen LogP contribution in [0.5, 0.6) is 0 Å². The zero-order valence-corrected chi connectivity index (χ0v) is 16.0. The molecular formula is C20H31N2O2+. The number of rotatable bonds is 4. The fourth-order valence-electron chi connectivity index (χ4n) is 3.46. The van der Waals surface area contributed by atoms with E-state index in [0.29, 0.717) is 24.2 Å². The first-order valence-corrected chi connectivity index (χ1v) is 8.81. The second kappa shape index (κ2) is 6.58. The second-order valence-corrected chi connectivity index (χ2v) is 8.38. The minimum absolute atomic E-state index is 0.0391. The molecule has 1 aromatic carbocycles. The Kier molecular flexibility index (Phi) is 5.07. The molecule has 0 bridgehead atoms. The summed E-state index contributed by atoms with van der Waals surface area (Å²) < 4.78 is 2.05. The molecule has 1 aliphatic rings. The quantitative estimate of drug-likeness (QED) is 0.818.